The predicted octanol–water partition coefficient (Wildman–Crippen LogP) is 4.62. The van der Waals surface area contributed by atoms with Crippen LogP contribution in [0.25, 0.3) is 22.6 Å². The van der Waals surface area contributed by atoms with Crippen molar-refractivity contribution in [3.05, 3.63) is 42.0 Å². The molecule has 3 rings (SSSR count). The Morgan fingerprint density at radius 1 is 1.16 bits per heavy atom. The van der Waals surface area contributed by atoms with Gasteiger partial charge in [0.05, 0.1) is 6.04 Å². The van der Waals surface area contributed by atoms with Crippen LogP contribution in [0, 0.1) is 11.6 Å². The van der Waals surface area contributed by atoms with E-state index in [4.69, 9.17) is 9.15 Å². The number of oxazole rings is 1. The number of nitrogens with zero attached hydrogens (tertiary/aromatic N) is 1. The number of ether oxygens (including phenoxy) is 2. The summed E-state index contributed by atoms with van der Waals surface area (Å²) in [5.74, 6) is -3.70. The minimum atomic E-state index is -4.74. The van der Waals surface area contributed by atoms with Crippen molar-refractivity contribution in [3.8, 4) is 23.0 Å². The van der Waals surface area contributed by atoms with Crippen LogP contribution >= 0.6 is 0 Å². The first kappa shape index (κ1) is 22.3. The van der Waals surface area contributed by atoms with Crippen LogP contribution < -0.4 is 14.8 Å². The van der Waals surface area contributed by atoms with Gasteiger partial charge in [-0.15, -0.1) is 0 Å². The standard InChI is InChI=1S/C20H17F5N2O4/c1-10(26-11(2)28)8-29-13-3-4-16-17(7-13)31-19(27-16)12-5-14(21)18(15(22)6-12)30-9-20(23,24)25/h3-7,10H,8-9H2,1-2H3,(H,26,28)/t10-/m0/s1. The average Bonchev–Trinajstić information content (AvgIpc) is 3.07. The van der Waals surface area contributed by atoms with Crippen LogP contribution in [-0.4, -0.2) is 36.3 Å². The lowest BCUT2D eigenvalue weighted by molar-refractivity contribution is -0.154. The molecule has 6 nitrogen and oxygen atoms in total. The molecule has 1 aromatic heterocycles. The molecule has 1 N–H and O–H groups in total. The monoisotopic (exact) mass is 444 g/mol. The van der Waals surface area contributed by atoms with Crippen LogP contribution in [0.5, 0.6) is 11.5 Å². The molecule has 166 valence electrons. The van der Waals surface area contributed by atoms with Crippen molar-refractivity contribution in [2.45, 2.75) is 26.1 Å². The van der Waals surface area contributed by atoms with Gasteiger partial charge < -0.3 is 19.2 Å². The maximum absolute atomic E-state index is 14.1. The number of hydrogen-bond donors (Lipinski definition) is 1. The normalized spacial score (nSPS) is 12.6. The van der Waals surface area contributed by atoms with Crippen LogP contribution in [0.4, 0.5) is 22.0 Å². The maximum Gasteiger partial charge on any atom is 0.422 e. The SMILES string of the molecule is CC(=O)N[C@@H](C)COc1ccc2nc(-c3cc(F)c(OCC(F)(F)F)c(F)c3)oc2c1. The van der Waals surface area contributed by atoms with Crippen molar-refractivity contribution in [3.63, 3.8) is 0 Å². The minimum absolute atomic E-state index is 0.118. The fraction of sp³-hybridized carbons (Fsp3) is 0.300. The highest BCUT2D eigenvalue weighted by Crippen LogP contribution is 2.32. The quantitative estimate of drug-likeness (QED) is 0.539. The number of aromatic nitrogens is 1. The van der Waals surface area contributed by atoms with Gasteiger partial charge >= 0.3 is 6.18 Å². The first-order chi connectivity index (χ1) is 14.5. The molecule has 1 amide bonds. The van der Waals surface area contributed by atoms with E-state index in [0.29, 0.717) is 11.3 Å². The van der Waals surface area contributed by atoms with E-state index in [-0.39, 0.29) is 35.6 Å². The zero-order valence-corrected chi connectivity index (χ0v) is 16.3. The zero-order chi connectivity index (χ0) is 22.8. The summed E-state index contributed by atoms with van der Waals surface area (Å²) in [5.41, 5.74) is 0.515. The molecule has 0 aliphatic rings. The molecule has 11 heteroatoms. The number of carbonyl (C=O) groups is 1. The molecule has 31 heavy (non-hydrogen) atoms. The highest BCUT2D eigenvalue weighted by atomic mass is 19.4. The highest BCUT2D eigenvalue weighted by Gasteiger charge is 2.30. The van der Waals surface area contributed by atoms with Crippen molar-refractivity contribution < 1.29 is 40.6 Å². The number of fused-ring (bicyclic) bond motifs is 1. The van der Waals surface area contributed by atoms with Gasteiger partial charge in [-0.3, -0.25) is 4.79 Å². The molecule has 1 atom stereocenters. The Balaban J connectivity index is 1.79. The summed E-state index contributed by atoms with van der Waals surface area (Å²) in [6.45, 7) is 1.52. The van der Waals surface area contributed by atoms with Crippen LogP contribution in [-0.2, 0) is 4.79 Å². The van der Waals surface area contributed by atoms with Gasteiger partial charge in [0, 0.05) is 18.6 Å². The third-order valence-electron chi connectivity index (χ3n) is 3.93. The van der Waals surface area contributed by atoms with E-state index >= 15 is 0 Å². The van der Waals surface area contributed by atoms with E-state index in [0.717, 1.165) is 12.1 Å². The molecular formula is C20H17F5N2O4. The number of halogens is 5. The van der Waals surface area contributed by atoms with Gasteiger partial charge in [-0.05, 0) is 31.2 Å². The van der Waals surface area contributed by atoms with Crippen molar-refractivity contribution in [2.75, 3.05) is 13.2 Å². The summed E-state index contributed by atoms with van der Waals surface area (Å²) in [6, 6.07) is 5.98. The zero-order valence-electron chi connectivity index (χ0n) is 16.3. The molecule has 0 radical (unpaired) electrons. The van der Waals surface area contributed by atoms with E-state index in [1.807, 2.05) is 0 Å². The van der Waals surface area contributed by atoms with Crippen molar-refractivity contribution in [1.29, 1.82) is 0 Å². The predicted molar refractivity (Wildman–Crippen MR) is 99.7 cm³/mol. The average molecular weight is 444 g/mol. The third kappa shape index (κ3) is 5.83. The van der Waals surface area contributed by atoms with Crippen molar-refractivity contribution in [2.24, 2.45) is 0 Å². The second-order valence-electron chi connectivity index (χ2n) is 6.73. The van der Waals surface area contributed by atoms with E-state index < -0.39 is 30.2 Å². The molecule has 0 spiro atoms. The Labute approximate surface area is 173 Å². The van der Waals surface area contributed by atoms with Gasteiger partial charge in [-0.1, -0.05) is 0 Å². The molecule has 0 saturated heterocycles. The van der Waals surface area contributed by atoms with E-state index in [1.54, 1.807) is 19.1 Å². The first-order valence-corrected chi connectivity index (χ1v) is 9.01. The third-order valence-corrected chi connectivity index (χ3v) is 3.93. The van der Waals surface area contributed by atoms with Gasteiger partial charge in [0.1, 0.15) is 17.9 Å². The number of alkyl halides is 3. The molecule has 0 aliphatic carbocycles. The summed E-state index contributed by atoms with van der Waals surface area (Å²) < 4.78 is 80.2. The summed E-state index contributed by atoms with van der Waals surface area (Å²) in [5, 5.41) is 2.66. The van der Waals surface area contributed by atoms with Crippen LogP contribution in [0.2, 0.25) is 0 Å². The molecule has 0 aliphatic heterocycles. The number of rotatable bonds is 7. The van der Waals surface area contributed by atoms with Crippen LogP contribution in [0.1, 0.15) is 13.8 Å². The van der Waals surface area contributed by atoms with Crippen LogP contribution in [0.15, 0.2) is 34.7 Å². The van der Waals surface area contributed by atoms with Gasteiger partial charge in [0.25, 0.3) is 0 Å². The topological polar surface area (TPSA) is 73.6 Å². The second-order valence-corrected chi connectivity index (χ2v) is 6.73. The fourth-order valence-corrected chi connectivity index (χ4v) is 2.70. The lowest BCUT2D eigenvalue weighted by Crippen LogP contribution is -2.35. The largest absolute Gasteiger partial charge is 0.491 e. The molecule has 0 unspecified atom stereocenters. The Bertz CT molecular complexity index is 1070. The summed E-state index contributed by atoms with van der Waals surface area (Å²) >= 11 is 0. The molecule has 0 bridgehead atoms. The van der Waals surface area contributed by atoms with Crippen molar-refractivity contribution in [1.82, 2.24) is 10.3 Å². The fourth-order valence-electron chi connectivity index (χ4n) is 2.70. The molecular weight excluding hydrogens is 427 g/mol. The lowest BCUT2D eigenvalue weighted by atomic mass is 10.2. The molecule has 0 fully saturated rings. The van der Waals surface area contributed by atoms with Gasteiger partial charge in [0.2, 0.25) is 11.8 Å². The van der Waals surface area contributed by atoms with Gasteiger partial charge in [0.15, 0.2) is 29.6 Å². The molecule has 3 aromatic rings. The number of hydrogen-bond acceptors (Lipinski definition) is 5. The maximum atomic E-state index is 14.1. The first-order valence-electron chi connectivity index (χ1n) is 9.01. The summed E-state index contributed by atoms with van der Waals surface area (Å²) in [6.07, 6.45) is -4.74. The van der Waals surface area contributed by atoms with Gasteiger partial charge in [-0.2, -0.15) is 13.2 Å². The lowest BCUT2D eigenvalue weighted by Gasteiger charge is -2.13. The highest BCUT2D eigenvalue weighted by molar-refractivity contribution is 5.77. The smallest absolute Gasteiger partial charge is 0.422 e. The van der Waals surface area contributed by atoms with Gasteiger partial charge in [-0.25, -0.2) is 13.8 Å². The summed E-state index contributed by atoms with van der Waals surface area (Å²) in [4.78, 5) is 15.1. The summed E-state index contributed by atoms with van der Waals surface area (Å²) in [7, 11) is 0. The molecule has 0 saturated carbocycles. The number of nitrogens with one attached hydrogen (secondary N) is 1. The Kier molecular flexibility index (Phi) is 6.32. The number of benzene rings is 2. The molecule has 1 heterocycles. The van der Waals surface area contributed by atoms with E-state index in [9.17, 15) is 26.7 Å². The minimum Gasteiger partial charge on any atom is -0.491 e. The Hall–Kier alpha value is -3.37. The van der Waals surface area contributed by atoms with Crippen molar-refractivity contribution >= 4 is 17.0 Å². The Morgan fingerprint density at radius 3 is 2.45 bits per heavy atom. The van der Waals surface area contributed by atoms with E-state index in [1.165, 1.54) is 13.0 Å². The number of carbonyl (C=O) groups excluding carboxylic acids is 1. The molecule has 2 aromatic carbocycles. The number of amides is 1. The second kappa shape index (κ2) is 8.78. The van der Waals surface area contributed by atoms with E-state index in [2.05, 4.69) is 15.0 Å². The van der Waals surface area contributed by atoms with Crippen LogP contribution in [0.3, 0.4) is 0 Å². The Morgan fingerprint density at radius 2 is 1.84 bits per heavy atom.